The van der Waals surface area contributed by atoms with Crippen LogP contribution in [0.15, 0.2) is 0 Å². The van der Waals surface area contributed by atoms with E-state index < -0.39 is 5.97 Å². The summed E-state index contributed by atoms with van der Waals surface area (Å²) in [7, 11) is 0. The zero-order chi connectivity index (χ0) is 13.5. The molecule has 0 amide bonds. The third kappa shape index (κ3) is 20.8. The summed E-state index contributed by atoms with van der Waals surface area (Å²) in [5, 5.41) is 8.49. The summed E-state index contributed by atoms with van der Waals surface area (Å²) in [5.41, 5.74) is 0. The Balaban J connectivity index is 0. The van der Waals surface area contributed by atoms with E-state index in [1.165, 1.54) is 70.6 Å². The summed E-state index contributed by atoms with van der Waals surface area (Å²) in [6.07, 6.45) is 17.3. The Hall–Kier alpha value is 0.340. The van der Waals surface area contributed by atoms with Gasteiger partial charge in [-0.15, -0.1) is 0 Å². The van der Waals surface area contributed by atoms with Gasteiger partial charge in [0.05, 0.1) is 0 Å². The minimum atomic E-state index is -0.655. The maximum absolute atomic E-state index is 10.3. The minimum Gasteiger partial charge on any atom is -0.481 e. The quantitative estimate of drug-likeness (QED) is 0.427. The van der Waals surface area contributed by atoms with Crippen molar-refractivity contribution in [2.24, 2.45) is 0 Å². The molecule has 1 radical (unpaired) electrons. The van der Waals surface area contributed by atoms with Gasteiger partial charge in [-0.05, 0) is 6.42 Å². The second-order valence-corrected chi connectivity index (χ2v) is 5.39. The Morgan fingerprint density at radius 2 is 1.00 bits per heavy atom. The van der Waals surface area contributed by atoms with Crippen LogP contribution in [0.25, 0.3) is 0 Å². The number of carboxylic acid groups (broad SMARTS) is 1. The van der Waals surface area contributed by atoms with E-state index in [9.17, 15) is 4.79 Å². The molecule has 0 fully saturated rings. The third-order valence-corrected chi connectivity index (χ3v) is 3.49. The normalized spacial score (nSPS) is 10.2. The largest absolute Gasteiger partial charge is 0.481 e. The van der Waals surface area contributed by atoms with Gasteiger partial charge in [0.1, 0.15) is 0 Å². The summed E-state index contributed by atoms with van der Waals surface area (Å²) in [5.74, 6) is -0.655. The fourth-order valence-corrected chi connectivity index (χ4v) is 2.29. The van der Waals surface area contributed by atoms with Gasteiger partial charge in [0.15, 0.2) is 0 Å². The Kier molecular flexibility index (Phi) is 20.9. The van der Waals surface area contributed by atoms with Gasteiger partial charge in [-0.1, -0.05) is 84.0 Å². The van der Waals surface area contributed by atoms with Crippen LogP contribution in [0.5, 0.6) is 0 Å². The molecule has 0 aliphatic rings. The molecule has 0 atom stereocenters. The average Bonchev–Trinajstić information content (AvgIpc) is 2.34. The number of hydrogen-bond donors (Lipinski definition) is 1. The molecule has 19 heavy (non-hydrogen) atoms. The molecule has 0 heterocycles. The predicted octanol–water partition coefficient (Wildman–Crippen LogP) is 5.55. The smallest absolute Gasteiger partial charge is 0.303 e. The van der Waals surface area contributed by atoms with Crippen LogP contribution in [0, 0.1) is 0 Å². The number of carboxylic acids is 1. The molecule has 0 bridgehead atoms. The van der Waals surface area contributed by atoms with Gasteiger partial charge in [-0.25, -0.2) is 0 Å². The van der Waals surface area contributed by atoms with Crippen LogP contribution in [0.1, 0.15) is 96.8 Å². The standard InChI is InChI=1S/C16H32O2.Sc/c1-2-3-4-5-6-7-8-9-10-11-12-13-14-15-16(17)18;/h2-15H2,1H3,(H,17,18);. The van der Waals surface area contributed by atoms with Gasteiger partial charge in [0, 0.05) is 32.3 Å². The topological polar surface area (TPSA) is 37.3 Å². The number of rotatable bonds is 14. The maximum atomic E-state index is 10.3. The van der Waals surface area contributed by atoms with Crippen LogP contribution in [0.3, 0.4) is 0 Å². The second-order valence-electron chi connectivity index (χ2n) is 5.39. The van der Waals surface area contributed by atoms with Crippen molar-refractivity contribution in [3.8, 4) is 0 Å². The van der Waals surface area contributed by atoms with E-state index in [1.807, 2.05) is 0 Å². The van der Waals surface area contributed by atoms with Crippen molar-refractivity contribution < 1.29 is 35.7 Å². The van der Waals surface area contributed by atoms with Crippen LogP contribution < -0.4 is 0 Å². The van der Waals surface area contributed by atoms with Crippen LogP contribution >= 0.6 is 0 Å². The van der Waals surface area contributed by atoms with E-state index in [0.717, 1.165) is 12.8 Å². The van der Waals surface area contributed by atoms with Gasteiger partial charge in [0.2, 0.25) is 0 Å². The van der Waals surface area contributed by atoms with Gasteiger partial charge in [-0.3, -0.25) is 4.79 Å². The summed E-state index contributed by atoms with van der Waals surface area (Å²) in [4.78, 5) is 10.3. The first-order valence-corrected chi connectivity index (χ1v) is 7.99. The van der Waals surface area contributed by atoms with Crippen LogP contribution in [-0.2, 0) is 30.6 Å². The Bertz CT molecular complexity index is 184. The van der Waals surface area contributed by atoms with Crippen molar-refractivity contribution in [2.45, 2.75) is 96.8 Å². The Morgan fingerprint density at radius 1 is 0.684 bits per heavy atom. The second kappa shape index (κ2) is 18.3. The Labute approximate surface area is 138 Å². The fraction of sp³-hybridized carbons (Fsp3) is 0.938. The molecule has 0 spiro atoms. The van der Waals surface area contributed by atoms with Crippen LogP contribution in [-0.4, -0.2) is 11.1 Å². The molecule has 0 saturated carbocycles. The molecule has 111 valence electrons. The fourth-order valence-electron chi connectivity index (χ4n) is 2.29. The van der Waals surface area contributed by atoms with Gasteiger partial charge in [-0.2, -0.15) is 0 Å². The van der Waals surface area contributed by atoms with Crippen molar-refractivity contribution in [1.29, 1.82) is 0 Å². The minimum absolute atomic E-state index is 0. The third-order valence-electron chi connectivity index (χ3n) is 3.49. The van der Waals surface area contributed by atoms with Gasteiger partial charge in [0.25, 0.3) is 0 Å². The number of aliphatic carboxylic acids is 1. The molecule has 3 heteroatoms. The molecular weight excluding hydrogens is 269 g/mol. The summed E-state index contributed by atoms with van der Waals surface area (Å²) >= 11 is 0. The molecule has 0 rings (SSSR count). The molecule has 0 aliphatic heterocycles. The molecule has 1 N–H and O–H groups in total. The van der Waals surface area contributed by atoms with E-state index >= 15 is 0 Å². The van der Waals surface area contributed by atoms with Crippen molar-refractivity contribution in [3.63, 3.8) is 0 Å². The maximum Gasteiger partial charge on any atom is 0.303 e. The summed E-state index contributed by atoms with van der Waals surface area (Å²) in [6, 6.07) is 0. The first-order valence-electron chi connectivity index (χ1n) is 7.99. The van der Waals surface area contributed by atoms with E-state index in [0.29, 0.717) is 6.42 Å². The number of unbranched alkanes of at least 4 members (excludes halogenated alkanes) is 12. The van der Waals surface area contributed by atoms with E-state index in [2.05, 4.69) is 6.92 Å². The van der Waals surface area contributed by atoms with Crippen LogP contribution in [0.4, 0.5) is 0 Å². The van der Waals surface area contributed by atoms with Gasteiger partial charge < -0.3 is 5.11 Å². The Morgan fingerprint density at radius 3 is 1.32 bits per heavy atom. The molecule has 0 aromatic rings. The first kappa shape index (κ1) is 21.6. The molecule has 0 unspecified atom stereocenters. The molecular formula is C16H32O2Sc. The van der Waals surface area contributed by atoms with E-state index in [1.54, 1.807) is 0 Å². The molecule has 0 saturated heterocycles. The van der Waals surface area contributed by atoms with Crippen molar-refractivity contribution in [3.05, 3.63) is 0 Å². The monoisotopic (exact) mass is 301 g/mol. The zero-order valence-corrected chi connectivity index (χ0v) is 14.6. The first-order chi connectivity index (χ1) is 8.77. The SMILES string of the molecule is CCCCCCCCCCCCCCCC(=O)O.[Sc]. The van der Waals surface area contributed by atoms with Crippen LogP contribution in [0.2, 0.25) is 0 Å². The van der Waals surface area contributed by atoms with Gasteiger partial charge >= 0.3 is 5.97 Å². The van der Waals surface area contributed by atoms with E-state index in [4.69, 9.17) is 5.11 Å². The molecule has 0 aromatic heterocycles. The van der Waals surface area contributed by atoms with Crippen molar-refractivity contribution in [1.82, 2.24) is 0 Å². The van der Waals surface area contributed by atoms with Crippen molar-refractivity contribution in [2.75, 3.05) is 0 Å². The summed E-state index contributed by atoms with van der Waals surface area (Å²) in [6.45, 7) is 2.26. The molecule has 2 nitrogen and oxygen atoms in total. The molecule has 0 aromatic carbocycles. The van der Waals surface area contributed by atoms with E-state index in [-0.39, 0.29) is 25.8 Å². The predicted molar refractivity (Wildman–Crippen MR) is 77.9 cm³/mol. The molecule has 0 aliphatic carbocycles. The summed E-state index contributed by atoms with van der Waals surface area (Å²) < 4.78 is 0. The number of carbonyl (C=O) groups is 1. The average molecular weight is 301 g/mol. The zero-order valence-electron chi connectivity index (χ0n) is 12.8. The number of hydrogen-bond acceptors (Lipinski definition) is 1. The van der Waals surface area contributed by atoms with Crippen molar-refractivity contribution >= 4 is 5.97 Å².